The van der Waals surface area contributed by atoms with Gasteiger partial charge < -0.3 is 30.0 Å². The van der Waals surface area contributed by atoms with Crippen LogP contribution in [0, 0.1) is 0 Å². The molecule has 284 valence electrons. The zero-order valence-corrected chi connectivity index (χ0v) is 30.4. The summed E-state index contributed by atoms with van der Waals surface area (Å²) in [7, 11) is 0. The summed E-state index contributed by atoms with van der Waals surface area (Å²) in [4.78, 5) is 66.2. The van der Waals surface area contributed by atoms with Crippen molar-refractivity contribution in [3.05, 3.63) is 58.7 Å². The van der Waals surface area contributed by atoms with Gasteiger partial charge in [-0.05, 0) is 78.8 Å². The van der Waals surface area contributed by atoms with E-state index in [4.69, 9.17) is 24.2 Å². The summed E-state index contributed by atoms with van der Waals surface area (Å²) in [5.41, 5.74) is 6.02. The Balaban J connectivity index is 1.36. The lowest BCUT2D eigenvalue weighted by Crippen LogP contribution is -2.32. The molecular weight excluding hydrogens is 670 g/mol. The van der Waals surface area contributed by atoms with Crippen molar-refractivity contribution in [2.75, 3.05) is 46.1 Å². The first-order chi connectivity index (χ1) is 25.2. The molecule has 13 heteroatoms. The first-order valence-electron chi connectivity index (χ1n) is 18.5. The van der Waals surface area contributed by atoms with Crippen molar-refractivity contribution in [2.45, 2.75) is 96.5 Å². The summed E-state index contributed by atoms with van der Waals surface area (Å²) in [6.45, 7) is 6.43. The maximum Gasteiger partial charge on any atom is 0.533 e. The van der Waals surface area contributed by atoms with Gasteiger partial charge in [0.05, 0.1) is 19.3 Å². The van der Waals surface area contributed by atoms with E-state index in [-0.39, 0.29) is 49.9 Å². The van der Waals surface area contributed by atoms with E-state index < -0.39 is 18.0 Å². The Morgan fingerprint density at radius 2 is 1.42 bits per heavy atom. The molecule has 2 aromatic carbocycles. The van der Waals surface area contributed by atoms with Gasteiger partial charge >= 0.3 is 6.16 Å². The first-order valence-corrected chi connectivity index (χ1v) is 18.5. The van der Waals surface area contributed by atoms with Crippen LogP contribution in [0.3, 0.4) is 0 Å². The van der Waals surface area contributed by atoms with Crippen molar-refractivity contribution in [1.82, 2.24) is 15.7 Å². The van der Waals surface area contributed by atoms with E-state index in [0.717, 1.165) is 46.2 Å². The number of unbranched alkanes of at least 4 members (excludes halogenated alkanes) is 1. The number of rotatable bonds is 23. The number of aliphatic hydroxyl groups is 1. The Bertz CT molecular complexity index is 1510. The van der Waals surface area contributed by atoms with E-state index in [9.17, 15) is 24.0 Å². The highest BCUT2D eigenvalue weighted by Crippen LogP contribution is 2.46. The van der Waals surface area contributed by atoms with Crippen molar-refractivity contribution in [2.24, 2.45) is 0 Å². The Morgan fingerprint density at radius 3 is 1.98 bits per heavy atom. The molecule has 1 fully saturated rings. The molecule has 1 aliphatic heterocycles. The molecule has 4 amide bonds. The maximum absolute atomic E-state index is 12.6. The topological polar surface area (TPSA) is 170 Å². The number of nitrogens with one attached hydrogen (secondary N) is 2. The average molecular weight is 724 g/mol. The summed E-state index contributed by atoms with van der Waals surface area (Å²) >= 11 is 0. The quantitative estimate of drug-likeness (QED) is 0.0843. The zero-order chi connectivity index (χ0) is 37.3. The van der Waals surface area contributed by atoms with Crippen molar-refractivity contribution in [1.29, 1.82) is 0 Å². The van der Waals surface area contributed by atoms with Gasteiger partial charge in [0.25, 0.3) is 11.8 Å². The molecule has 2 atom stereocenters. The number of carbonyl (C=O) groups is 5. The largest absolute Gasteiger partial charge is 0.533 e. The van der Waals surface area contributed by atoms with Gasteiger partial charge in [0, 0.05) is 57.9 Å². The van der Waals surface area contributed by atoms with Gasteiger partial charge in [-0.25, -0.2) is 4.79 Å². The number of aliphatic hydroxyl groups excluding tert-OH is 1. The number of ether oxygens (including phenoxy) is 3. The van der Waals surface area contributed by atoms with Crippen LogP contribution in [0.1, 0.15) is 99.8 Å². The molecule has 13 nitrogen and oxygen atoms in total. The lowest BCUT2D eigenvalue weighted by Gasteiger charge is -2.17. The Kier molecular flexibility index (Phi) is 16.5. The highest BCUT2D eigenvalue weighted by Gasteiger charge is 2.35. The normalized spacial score (nSPS) is 15.3. The van der Waals surface area contributed by atoms with Crippen LogP contribution in [0.5, 0.6) is 0 Å². The lowest BCUT2D eigenvalue weighted by atomic mass is 9.94. The number of imide groups is 1. The number of fused-ring (bicyclic) bond motifs is 3. The third kappa shape index (κ3) is 12.4. The van der Waals surface area contributed by atoms with E-state index in [1.54, 1.807) is 0 Å². The summed E-state index contributed by atoms with van der Waals surface area (Å²) in [6, 6.07) is 12.3. The molecule has 1 aliphatic carbocycles. The Labute approximate surface area is 305 Å². The van der Waals surface area contributed by atoms with E-state index in [1.807, 2.05) is 19.1 Å². The monoisotopic (exact) mass is 723 g/mol. The molecule has 52 heavy (non-hydrogen) atoms. The molecule has 0 aromatic heterocycles. The highest BCUT2D eigenvalue weighted by molar-refractivity contribution is 6.01. The van der Waals surface area contributed by atoms with Crippen LogP contribution >= 0.6 is 0 Å². The predicted molar refractivity (Wildman–Crippen MR) is 192 cm³/mol. The van der Waals surface area contributed by atoms with Gasteiger partial charge in [0.1, 0.15) is 6.61 Å². The van der Waals surface area contributed by atoms with Gasteiger partial charge in [-0.2, -0.15) is 0 Å². The molecule has 0 bridgehead atoms. The number of amides is 4. The minimum absolute atomic E-state index is 0.0169. The van der Waals surface area contributed by atoms with Crippen molar-refractivity contribution in [3.63, 3.8) is 0 Å². The van der Waals surface area contributed by atoms with E-state index in [0.29, 0.717) is 82.9 Å². The Hall–Kier alpha value is -4.33. The van der Waals surface area contributed by atoms with E-state index in [1.165, 1.54) is 0 Å². The summed E-state index contributed by atoms with van der Waals surface area (Å²) in [6.07, 6.45) is 4.76. The van der Waals surface area contributed by atoms with Crippen molar-refractivity contribution in [3.8, 4) is 11.1 Å². The highest BCUT2D eigenvalue weighted by atomic mass is 16.8. The fraction of sp³-hybridized carbons (Fsp3) is 0.564. The van der Waals surface area contributed by atoms with Crippen LogP contribution in [-0.2, 0) is 51.1 Å². The van der Waals surface area contributed by atoms with Crippen LogP contribution in [0.4, 0.5) is 4.79 Å². The molecule has 1 heterocycles. The maximum atomic E-state index is 12.6. The third-order valence-electron chi connectivity index (χ3n) is 9.12. The van der Waals surface area contributed by atoms with E-state index in [2.05, 4.69) is 41.8 Å². The fourth-order valence-corrected chi connectivity index (χ4v) is 6.27. The smallest absolute Gasteiger partial charge is 0.432 e. The van der Waals surface area contributed by atoms with Crippen LogP contribution in [0.15, 0.2) is 36.4 Å². The summed E-state index contributed by atoms with van der Waals surface area (Å²) in [5, 5.41) is 15.2. The first kappa shape index (κ1) is 40.4. The molecule has 4 rings (SSSR count). The van der Waals surface area contributed by atoms with Gasteiger partial charge in [-0.1, -0.05) is 54.8 Å². The molecule has 0 saturated carbocycles. The van der Waals surface area contributed by atoms with Crippen molar-refractivity contribution >= 4 is 29.8 Å². The molecular formula is C39H53N3O10. The van der Waals surface area contributed by atoms with Crippen LogP contribution in [0.2, 0.25) is 0 Å². The molecule has 0 spiro atoms. The predicted octanol–water partition coefficient (Wildman–Crippen LogP) is 4.50. The number of benzene rings is 2. The number of hydrogen-bond donors (Lipinski definition) is 3. The average Bonchev–Trinajstić information content (AvgIpc) is 3.61. The van der Waals surface area contributed by atoms with Gasteiger partial charge in [0.2, 0.25) is 11.8 Å². The Morgan fingerprint density at radius 1 is 0.846 bits per heavy atom. The van der Waals surface area contributed by atoms with Gasteiger partial charge in [-0.3, -0.25) is 24.0 Å². The molecule has 2 unspecified atom stereocenters. The molecule has 1 saturated heterocycles. The lowest BCUT2D eigenvalue weighted by molar-refractivity contribution is -0.177. The second-order valence-corrected chi connectivity index (χ2v) is 13.2. The summed E-state index contributed by atoms with van der Waals surface area (Å²) in [5.74, 6) is -1.59. The van der Waals surface area contributed by atoms with Gasteiger partial charge in [-0.15, -0.1) is 0 Å². The third-order valence-corrected chi connectivity index (χ3v) is 9.12. The minimum atomic E-state index is -1.13. The van der Waals surface area contributed by atoms with E-state index >= 15 is 0 Å². The van der Waals surface area contributed by atoms with Crippen LogP contribution in [0.25, 0.3) is 11.1 Å². The fourth-order valence-electron chi connectivity index (χ4n) is 6.27. The second kappa shape index (κ2) is 21.3. The molecule has 3 N–H and O–H groups in total. The van der Waals surface area contributed by atoms with Crippen molar-refractivity contribution < 1.29 is 48.1 Å². The standard InChI is InChI=1S/C39H53N3O10/c1-3-4-21-49-22-18-40-35(44)9-5-7-28-11-13-30-31-14-12-29(8-6-10-36(45)41-19-23-50-27(2)17-20-43)25-33(31)34(32(30)24-28)26-51-39(48)52-42-37(46)15-16-38(42)47/h11-14,24-25,27,34,43H,3-10,15-23,26H2,1-2H3,(H,40,44)(H,41,45). The number of hydrogen-bond acceptors (Lipinski definition) is 10. The van der Waals surface area contributed by atoms with Crippen LogP contribution in [-0.4, -0.2) is 92.2 Å². The molecule has 0 radical (unpaired) electrons. The summed E-state index contributed by atoms with van der Waals surface area (Å²) < 4.78 is 16.6. The second-order valence-electron chi connectivity index (χ2n) is 13.2. The number of hydroxylamine groups is 2. The number of carbonyl (C=O) groups excluding carboxylic acids is 5. The zero-order valence-electron chi connectivity index (χ0n) is 30.4. The SMILES string of the molecule is CCCCOCCNC(=O)CCCc1ccc2c(c1)C(COC(=O)ON1C(=O)CCC1=O)c1cc(CCCC(=O)NCCOC(C)CCO)ccc1-2. The molecule has 2 aromatic rings. The minimum Gasteiger partial charge on any atom is -0.432 e. The molecule has 2 aliphatic rings. The number of aryl methyl sites for hydroxylation is 2. The van der Waals surface area contributed by atoms with Gasteiger partial charge in [0.15, 0.2) is 0 Å². The number of nitrogens with zero attached hydrogens (tertiary/aromatic N) is 1. The van der Waals surface area contributed by atoms with Crippen LogP contribution < -0.4 is 10.6 Å².